The van der Waals surface area contributed by atoms with Crippen LogP contribution in [0.15, 0.2) is 17.0 Å². The number of nitrogen functional groups attached to an aromatic ring is 1. The molecule has 0 spiro atoms. The van der Waals surface area contributed by atoms with Gasteiger partial charge in [-0.25, -0.2) is 21.6 Å². The van der Waals surface area contributed by atoms with Crippen molar-refractivity contribution in [3.63, 3.8) is 0 Å². The number of sulfonamides is 1. The Kier molecular flexibility index (Phi) is 4.83. The zero-order valence-electron chi connectivity index (χ0n) is 12.0. The molecular formula is C12H20N2O4S2. The number of rotatable bonds is 5. The number of anilines is 1. The van der Waals surface area contributed by atoms with Crippen molar-refractivity contribution in [3.05, 3.63) is 23.3 Å². The van der Waals surface area contributed by atoms with E-state index in [1.165, 1.54) is 6.92 Å². The first kappa shape index (κ1) is 16.9. The van der Waals surface area contributed by atoms with Gasteiger partial charge in [0, 0.05) is 18.0 Å². The van der Waals surface area contributed by atoms with E-state index in [0.29, 0.717) is 16.8 Å². The average molecular weight is 320 g/mol. The molecule has 20 heavy (non-hydrogen) atoms. The number of nitrogens with two attached hydrogens (primary N) is 1. The monoisotopic (exact) mass is 320 g/mol. The minimum atomic E-state index is -3.78. The van der Waals surface area contributed by atoms with Gasteiger partial charge in [0.15, 0.2) is 0 Å². The summed E-state index contributed by atoms with van der Waals surface area (Å²) in [7, 11) is -7.03. The summed E-state index contributed by atoms with van der Waals surface area (Å²) < 4.78 is 49.4. The number of hydrogen-bond acceptors (Lipinski definition) is 5. The Balaban J connectivity index is 3.13. The lowest BCUT2D eigenvalue weighted by molar-refractivity contribution is 0.563. The number of aryl methyl sites for hydroxylation is 2. The van der Waals surface area contributed by atoms with Gasteiger partial charge in [0.25, 0.3) is 0 Å². The van der Waals surface area contributed by atoms with Gasteiger partial charge in [-0.3, -0.25) is 0 Å². The Hall–Kier alpha value is -1.12. The van der Waals surface area contributed by atoms with Crippen molar-refractivity contribution >= 4 is 25.5 Å². The van der Waals surface area contributed by atoms with Crippen molar-refractivity contribution in [2.75, 3.05) is 17.7 Å². The standard InChI is InChI=1S/C12H20N2O4S2/c1-8-5-11(13)6-9(2)12(8)20(17,18)14-10(3)7-19(4,15)16/h5-6,10,14H,7,13H2,1-4H3. The van der Waals surface area contributed by atoms with Gasteiger partial charge in [-0.15, -0.1) is 0 Å². The van der Waals surface area contributed by atoms with Crippen LogP contribution in [-0.2, 0) is 19.9 Å². The second-order valence-electron chi connectivity index (χ2n) is 5.10. The maximum Gasteiger partial charge on any atom is 0.241 e. The molecule has 6 nitrogen and oxygen atoms in total. The van der Waals surface area contributed by atoms with Gasteiger partial charge < -0.3 is 5.73 Å². The third-order valence-electron chi connectivity index (χ3n) is 2.66. The summed E-state index contributed by atoms with van der Waals surface area (Å²) in [6.45, 7) is 4.82. The van der Waals surface area contributed by atoms with Gasteiger partial charge in [-0.2, -0.15) is 0 Å². The summed E-state index contributed by atoms with van der Waals surface area (Å²) in [6, 6.07) is 2.44. The van der Waals surface area contributed by atoms with E-state index >= 15 is 0 Å². The molecule has 0 saturated heterocycles. The van der Waals surface area contributed by atoms with Gasteiger partial charge in [0.05, 0.1) is 10.6 Å². The Morgan fingerprint density at radius 2 is 1.60 bits per heavy atom. The predicted molar refractivity (Wildman–Crippen MR) is 79.8 cm³/mol. The molecule has 0 heterocycles. The summed E-state index contributed by atoms with van der Waals surface area (Å²) in [6.07, 6.45) is 1.07. The molecule has 3 N–H and O–H groups in total. The second kappa shape index (κ2) is 5.71. The lowest BCUT2D eigenvalue weighted by Gasteiger charge is -2.16. The van der Waals surface area contributed by atoms with E-state index in [1.807, 2.05) is 0 Å². The highest BCUT2D eigenvalue weighted by atomic mass is 32.2. The summed E-state index contributed by atoms with van der Waals surface area (Å²) in [5.74, 6) is -0.251. The van der Waals surface area contributed by atoms with Crippen LogP contribution < -0.4 is 10.5 Å². The number of sulfone groups is 1. The molecule has 8 heteroatoms. The molecule has 1 aromatic carbocycles. The van der Waals surface area contributed by atoms with Crippen molar-refractivity contribution < 1.29 is 16.8 Å². The van der Waals surface area contributed by atoms with Gasteiger partial charge >= 0.3 is 0 Å². The van der Waals surface area contributed by atoms with Crippen molar-refractivity contribution in [2.24, 2.45) is 0 Å². The first-order valence-corrected chi connectivity index (χ1v) is 9.53. The second-order valence-corrected chi connectivity index (χ2v) is 8.93. The highest BCUT2D eigenvalue weighted by Crippen LogP contribution is 2.23. The highest BCUT2D eigenvalue weighted by Gasteiger charge is 2.23. The minimum absolute atomic E-state index is 0.145. The maximum atomic E-state index is 12.3. The van der Waals surface area contributed by atoms with Crippen LogP contribution in [0.4, 0.5) is 5.69 Å². The first-order chi connectivity index (χ1) is 8.92. The van der Waals surface area contributed by atoms with Gasteiger partial charge in [-0.1, -0.05) is 0 Å². The Morgan fingerprint density at radius 1 is 1.15 bits per heavy atom. The largest absolute Gasteiger partial charge is 0.399 e. The molecule has 0 aliphatic carbocycles. The molecule has 1 rings (SSSR count). The minimum Gasteiger partial charge on any atom is -0.399 e. The van der Waals surface area contributed by atoms with Crippen LogP contribution in [0.1, 0.15) is 18.1 Å². The number of benzene rings is 1. The summed E-state index contributed by atoms with van der Waals surface area (Å²) in [5.41, 5.74) is 7.21. The van der Waals surface area contributed by atoms with E-state index in [9.17, 15) is 16.8 Å². The van der Waals surface area contributed by atoms with Gasteiger partial charge in [0.2, 0.25) is 10.0 Å². The molecule has 1 atom stereocenters. The van der Waals surface area contributed by atoms with Gasteiger partial charge in [0.1, 0.15) is 9.84 Å². The van der Waals surface area contributed by atoms with Crippen molar-refractivity contribution in [3.8, 4) is 0 Å². The van der Waals surface area contributed by atoms with Crippen molar-refractivity contribution in [2.45, 2.75) is 31.7 Å². The fourth-order valence-corrected chi connectivity index (χ4v) is 5.01. The molecular weight excluding hydrogens is 300 g/mol. The maximum absolute atomic E-state index is 12.3. The molecule has 0 bridgehead atoms. The summed E-state index contributed by atoms with van der Waals surface area (Å²) in [5, 5.41) is 0. The quantitative estimate of drug-likeness (QED) is 0.773. The van der Waals surface area contributed by atoms with E-state index < -0.39 is 25.9 Å². The summed E-state index contributed by atoms with van der Waals surface area (Å²) >= 11 is 0. The number of hydrogen-bond donors (Lipinski definition) is 2. The molecule has 0 aromatic heterocycles. The topological polar surface area (TPSA) is 106 Å². The molecule has 1 unspecified atom stereocenters. The van der Waals surface area contributed by atoms with Gasteiger partial charge in [-0.05, 0) is 44.0 Å². The SMILES string of the molecule is Cc1cc(N)cc(C)c1S(=O)(=O)NC(C)CS(C)(=O)=O. The molecule has 0 aliphatic heterocycles. The van der Waals surface area contributed by atoms with E-state index in [2.05, 4.69) is 4.72 Å². The van der Waals surface area contributed by atoms with Crippen molar-refractivity contribution in [1.82, 2.24) is 4.72 Å². The molecule has 0 fully saturated rings. The number of nitrogens with one attached hydrogen (secondary N) is 1. The van der Waals surface area contributed by atoms with E-state index in [0.717, 1.165) is 6.26 Å². The Labute approximate surface area is 120 Å². The van der Waals surface area contributed by atoms with E-state index in [-0.39, 0.29) is 10.6 Å². The van der Waals surface area contributed by atoms with Crippen LogP contribution in [0.2, 0.25) is 0 Å². The van der Waals surface area contributed by atoms with E-state index in [1.54, 1.807) is 26.0 Å². The molecule has 0 saturated carbocycles. The van der Waals surface area contributed by atoms with E-state index in [4.69, 9.17) is 5.73 Å². The third-order valence-corrected chi connectivity index (χ3v) is 5.66. The van der Waals surface area contributed by atoms with Crippen LogP contribution in [0.5, 0.6) is 0 Å². The van der Waals surface area contributed by atoms with Crippen molar-refractivity contribution in [1.29, 1.82) is 0 Å². The predicted octanol–water partition coefficient (Wildman–Crippen LogP) is 0.597. The van der Waals surface area contributed by atoms with Crippen LogP contribution in [-0.4, -0.2) is 34.9 Å². The fraction of sp³-hybridized carbons (Fsp3) is 0.500. The zero-order valence-corrected chi connectivity index (χ0v) is 13.6. The van der Waals surface area contributed by atoms with Crippen LogP contribution in [0.25, 0.3) is 0 Å². The first-order valence-electron chi connectivity index (χ1n) is 5.99. The van der Waals surface area contributed by atoms with Crippen LogP contribution in [0.3, 0.4) is 0 Å². The normalized spacial score (nSPS) is 14.2. The zero-order chi connectivity index (χ0) is 15.7. The fourth-order valence-electron chi connectivity index (χ4n) is 2.22. The van der Waals surface area contributed by atoms with Crippen LogP contribution >= 0.6 is 0 Å². The highest BCUT2D eigenvalue weighted by molar-refractivity contribution is 7.91. The van der Waals surface area contributed by atoms with Crippen LogP contribution in [0, 0.1) is 13.8 Å². The average Bonchev–Trinajstić information content (AvgIpc) is 2.08. The molecule has 0 radical (unpaired) electrons. The Morgan fingerprint density at radius 3 is 2.00 bits per heavy atom. The summed E-state index contributed by atoms with van der Waals surface area (Å²) in [4.78, 5) is 0.145. The Bertz CT molecular complexity index is 686. The molecule has 0 aliphatic rings. The molecule has 114 valence electrons. The lowest BCUT2D eigenvalue weighted by atomic mass is 10.1. The smallest absolute Gasteiger partial charge is 0.241 e. The molecule has 1 aromatic rings. The lowest BCUT2D eigenvalue weighted by Crippen LogP contribution is -2.37. The molecule has 0 amide bonds. The third kappa shape index (κ3) is 4.46.